The highest BCUT2D eigenvalue weighted by atomic mass is 32.2. The van der Waals surface area contributed by atoms with Crippen molar-refractivity contribution in [2.24, 2.45) is 0 Å². The molecule has 0 saturated carbocycles. The average Bonchev–Trinajstić information content (AvgIpc) is 3.09. The maximum atomic E-state index is 13.6. The number of hydrogen-bond acceptors (Lipinski definition) is 4. The smallest absolute Gasteiger partial charge is 0.325 e. The predicted octanol–water partition coefficient (Wildman–Crippen LogP) is 4.17. The maximum Gasteiger partial charge on any atom is 0.329 e. The van der Waals surface area contributed by atoms with E-state index in [-0.39, 0.29) is 33.5 Å². The number of fused-ring (bicyclic) bond motifs is 1. The number of amides is 1. The molecule has 0 radical (unpaired) electrons. The largest absolute Gasteiger partial charge is 0.329 e. The summed E-state index contributed by atoms with van der Waals surface area (Å²) in [6, 6.07) is 18.7. The van der Waals surface area contributed by atoms with Gasteiger partial charge in [0.05, 0.1) is 32.9 Å². The number of nitrogens with one attached hydrogen (secondary N) is 1. The molecule has 0 atom stereocenters. The highest BCUT2D eigenvalue weighted by Crippen LogP contribution is 2.32. The predicted molar refractivity (Wildman–Crippen MR) is 133 cm³/mol. The first-order valence-electron chi connectivity index (χ1n) is 11.2. The van der Waals surface area contributed by atoms with E-state index in [9.17, 15) is 18.0 Å². The van der Waals surface area contributed by atoms with E-state index in [1.165, 1.54) is 18.2 Å². The molecule has 1 N–H and O–H groups in total. The van der Waals surface area contributed by atoms with Gasteiger partial charge in [-0.2, -0.15) is 0 Å². The first-order chi connectivity index (χ1) is 16.3. The Bertz CT molecular complexity index is 1520. The molecule has 34 heavy (non-hydrogen) atoms. The number of sulfone groups is 1. The Hall–Kier alpha value is -3.65. The Kier molecular flexibility index (Phi) is 6.43. The van der Waals surface area contributed by atoms with Crippen LogP contribution in [0.3, 0.4) is 0 Å². The van der Waals surface area contributed by atoms with Gasteiger partial charge in [-0.3, -0.25) is 13.9 Å². The Morgan fingerprint density at radius 2 is 1.47 bits per heavy atom. The van der Waals surface area contributed by atoms with Crippen molar-refractivity contribution in [3.05, 3.63) is 88.3 Å². The molecule has 0 unspecified atom stereocenters. The van der Waals surface area contributed by atoms with E-state index in [4.69, 9.17) is 0 Å². The third-order valence-corrected chi connectivity index (χ3v) is 7.66. The van der Waals surface area contributed by atoms with E-state index < -0.39 is 9.84 Å². The average molecular weight is 478 g/mol. The monoisotopic (exact) mass is 477 g/mol. The Morgan fingerprint density at radius 1 is 0.882 bits per heavy atom. The number of rotatable bonds is 7. The van der Waals surface area contributed by atoms with Crippen LogP contribution in [-0.4, -0.2) is 23.5 Å². The molecule has 3 aromatic carbocycles. The molecule has 8 heteroatoms. The zero-order valence-corrected chi connectivity index (χ0v) is 20.2. The summed E-state index contributed by atoms with van der Waals surface area (Å²) in [6.45, 7) is 6.47. The molecule has 4 aromatic rings. The van der Waals surface area contributed by atoms with E-state index in [1.54, 1.807) is 33.4 Å². The quantitative estimate of drug-likeness (QED) is 0.433. The molecule has 4 rings (SSSR count). The van der Waals surface area contributed by atoms with Crippen LogP contribution in [0.5, 0.6) is 0 Å². The standard InChI is InChI=1S/C26H27N3O4S/c1-4-28-22-16-21(27-25(30)15-19-13-11-18(3)12-14-19)24(17-23(22)29(5-2)26(28)31)34(32,33)20-9-7-6-8-10-20/h6-14,16-17H,4-5,15H2,1-3H3,(H,27,30). The van der Waals surface area contributed by atoms with Crippen LogP contribution < -0.4 is 11.0 Å². The van der Waals surface area contributed by atoms with Crippen LogP contribution in [0.2, 0.25) is 0 Å². The summed E-state index contributed by atoms with van der Waals surface area (Å²) in [7, 11) is -3.96. The van der Waals surface area contributed by atoms with Gasteiger partial charge in [-0.05, 0) is 50.6 Å². The summed E-state index contributed by atoms with van der Waals surface area (Å²) in [5.41, 5.74) is 2.94. The third kappa shape index (κ3) is 4.28. The fraction of sp³-hybridized carbons (Fsp3) is 0.231. The van der Waals surface area contributed by atoms with Gasteiger partial charge in [-0.25, -0.2) is 13.2 Å². The van der Waals surface area contributed by atoms with Crippen molar-refractivity contribution in [1.82, 2.24) is 9.13 Å². The van der Waals surface area contributed by atoms with Crippen LogP contribution in [0.4, 0.5) is 5.69 Å². The van der Waals surface area contributed by atoms with Gasteiger partial charge in [0.1, 0.15) is 0 Å². The number of anilines is 1. The summed E-state index contributed by atoms with van der Waals surface area (Å²) < 4.78 is 30.3. The zero-order chi connectivity index (χ0) is 24.5. The molecule has 0 aliphatic carbocycles. The number of aromatic nitrogens is 2. The molecule has 0 aliphatic rings. The number of imidazole rings is 1. The van der Waals surface area contributed by atoms with E-state index in [0.29, 0.717) is 24.1 Å². The summed E-state index contributed by atoms with van der Waals surface area (Å²) in [4.78, 5) is 25.9. The van der Waals surface area contributed by atoms with E-state index >= 15 is 0 Å². The molecule has 1 aromatic heterocycles. The lowest BCUT2D eigenvalue weighted by Crippen LogP contribution is -2.23. The second kappa shape index (κ2) is 9.30. The topological polar surface area (TPSA) is 90.2 Å². The van der Waals surface area contributed by atoms with Crippen LogP contribution >= 0.6 is 0 Å². The van der Waals surface area contributed by atoms with Gasteiger partial charge in [0.25, 0.3) is 0 Å². The number of hydrogen-bond donors (Lipinski definition) is 1. The van der Waals surface area contributed by atoms with Gasteiger partial charge in [0.2, 0.25) is 15.7 Å². The normalized spacial score (nSPS) is 11.6. The fourth-order valence-electron chi connectivity index (χ4n) is 4.09. The van der Waals surface area contributed by atoms with Crippen molar-refractivity contribution in [3.63, 3.8) is 0 Å². The van der Waals surface area contributed by atoms with Crippen molar-refractivity contribution >= 4 is 32.5 Å². The molecule has 0 aliphatic heterocycles. The lowest BCUT2D eigenvalue weighted by Gasteiger charge is -2.14. The van der Waals surface area contributed by atoms with Gasteiger partial charge in [0, 0.05) is 13.1 Å². The molecule has 1 amide bonds. The molecular weight excluding hydrogens is 450 g/mol. The first-order valence-corrected chi connectivity index (χ1v) is 12.7. The minimum absolute atomic E-state index is 0.0427. The minimum Gasteiger partial charge on any atom is -0.325 e. The number of benzene rings is 3. The number of aryl methyl sites for hydroxylation is 3. The van der Waals surface area contributed by atoms with Crippen LogP contribution in [0.1, 0.15) is 25.0 Å². The second-order valence-corrected chi connectivity index (χ2v) is 10.1. The summed E-state index contributed by atoms with van der Waals surface area (Å²) in [5.74, 6) is -0.340. The van der Waals surface area contributed by atoms with E-state index in [0.717, 1.165) is 11.1 Å². The van der Waals surface area contributed by atoms with Gasteiger partial charge in [-0.15, -0.1) is 0 Å². The van der Waals surface area contributed by atoms with Crippen LogP contribution in [-0.2, 0) is 34.1 Å². The van der Waals surface area contributed by atoms with E-state index in [2.05, 4.69) is 5.32 Å². The van der Waals surface area contributed by atoms with Crippen molar-refractivity contribution < 1.29 is 13.2 Å². The lowest BCUT2D eigenvalue weighted by atomic mass is 10.1. The van der Waals surface area contributed by atoms with E-state index in [1.807, 2.05) is 45.0 Å². The molecule has 1 heterocycles. The van der Waals surface area contributed by atoms with Gasteiger partial charge in [-0.1, -0.05) is 48.0 Å². The number of carbonyl (C=O) groups excluding carboxylic acids is 1. The molecule has 0 spiro atoms. The van der Waals surface area contributed by atoms with Crippen molar-refractivity contribution in [3.8, 4) is 0 Å². The molecule has 0 bridgehead atoms. The van der Waals surface area contributed by atoms with Gasteiger partial charge < -0.3 is 5.32 Å². The Morgan fingerprint density at radius 3 is 2.06 bits per heavy atom. The Balaban J connectivity index is 1.87. The highest BCUT2D eigenvalue weighted by molar-refractivity contribution is 7.91. The zero-order valence-electron chi connectivity index (χ0n) is 19.4. The molecule has 176 valence electrons. The highest BCUT2D eigenvalue weighted by Gasteiger charge is 2.25. The lowest BCUT2D eigenvalue weighted by molar-refractivity contribution is -0.115. The second-order valence-electron chi connectivity index (χ2n) is 8.14. The third-order valence-electron chi connectivity index (χ3n) is 5.86. The van der Waals surface area contributed by atoms with Crippen LogP contribution in [0.25, 0.3) is 11.0 Å². The van der Waals surface area contributed by atoms with Crippen LogP contribution in [0.15, 0.2) is 81.3 Å². The van der Waals surface area contributed by atoms with Crippen molar-refractivity contribution in [2.75, 3.05) is 5.32 Å². The molecule has 0 saturated heterocycles. The summed E-state index contributed by atoms with van der Waals surface area (Å²) in [6.07, 6.45) is 0.0969. The van der Waals surface area contributed by atoms with Crippen LogP contribution in [0, 0.1) is 6.92 Å². The minimum atomic E-state index is -3.96. The van der Waals surface area contributed by atoms with Crippen molar-refractivity contribution in [1.29, 1.82) is 0 Å². The molecular formula is C26H27N3O4S. The van der Waals surface area contributed by atoms with Crippen molar-refractivity contribution in [2.45, 2.75) is 50.1 Å². The van der Waals surface area contributed by atoms with Gasteiger partial charge in [0.15, 0.2) is 0 Å². The number of carbonyl (C=O) groups is 1. The number of nitrogens with zero attached hydrogens (tertiary/aromatic N) is 2. The molecule has 7 nitrogen and oxygen atoms in total. The first kappa shape index (κ1) is 23.5. The maximum absolute atomic E-state index is 13.6. The molecule has 0 fully saturated rings. The SMILES string of the molecule is CCn1c(=O)n(CC)c2cc(S(=O)(=O)c3ccccc3)c(NC(=O)Cc3ccc(C)cc3)cc21. The summed E-state index contributed by atoms with van der Waals surface area (Å²) in [5, 5.41) is 2.80. The van der Waals surface area contributed by atoms with Gasteiger partial charge >= 0.3 is 5.69 Å². The fourth-order valence-corrected chi connectivity index (χ4v) is 5.52. The summed E-state index contributed by atoms with van der Waals surface area (Å²) >= 11 is 0. The Labute approximate surface area is 198 Å².